The molecule has 0 unspecified atom stereocenters. The van der Waals surface area contributed by atoms with Crippen LogP contribution in [0, 0.1) is 0 Å². The molecule has 3 aliphatic rings. The van der Waals surface area contributed by atoms with Gasteiger partial charge in [-0.15, -0.1) is 0 Å². The second-order valence-electron chi connectivity index (χ2n) is 6.75. The number of hydrogen-bond acceptors (Lipinski definition) is 4. The molecule has 5 heteroatoms. The fourth-order valence-corrected chi connectivity index (χ4v) is 4.36. The smallest absolute Gasteiger partial charge is 0.223 e. The minimum Gasteiger partial charge on any atom is -0.493 e. The van der Waals surface area contributed by atoms with Crippen molar-refractivity contribution in [3.05, 3.63) is 23.3 Å². The van der Waals surface area contributed by atoms with Gasteiger partial charge in [-0.1, -0.05) is 6.07 Å². The molecule has 0 bridgehead atoms. The van der Waals surface area contributed by atoms with E-state index in [1.54, 1.807) is 12.0 Å². The van der Waals surface area contributed by atoms with Crippen LogP contribution in [0.15, 0.2) is 12.1 Å². The van der Waals surface area contributed by atoms with E-state index in [0.29, 0.717) is 25.8 Å². The number of nitrogens with zero attached hydrogens (tertiary/aromatic N) is 1. The van der Waals surface area contributed by atoms with Crippen LogP contribution in [-0.4, -0.2) is 42.3 Å². The van der Waals surface area contributed by atoms with Crippen molar-refractivity contribution in [2.24, 2.45) is 0 Å². The van der Waals surface area contributed by atoms with Gasteiger partial charge in [0.15, 0.2) is 11.5 Å². The minimum atomic E-state index is -0.351. The lowest BCUT2D eigenvalue weighted by atomic mass is 9.65. The van der Waals surface area contributed by atoms with Gasteiger partial charge in [-0.25, -0.2) is 0 Å². The van der Waals surface area contributed by atoms with Crippen LogP contribution in [0.1, 0.15) is 36.8 Å². The van der Waals surface area contributed by atoms with Crippen LogP contribution in [0.2, 0.25) is 0 Å². The van der Waals surface area contributed by atoms with E-state index >= 15 is 0 Å². The molecule has 1 N–H and O–H groups in total. The van der Waals surface area contributed by atoms with Crippen LogP contribution in [-0.2, 0) is 16.8 Å². The number of carbonyl (C=O) groups excluding carboxylic acids is 1. The summed E-state index contributed by atoms with van der Waals surface area (Å²) >= 11 is 0. The molecular formula is C17H21NO4. The molecule has 2 heterocycles. The van der Waals surface area contributed by atoms with Crippen LogP contribution in [0.3, 0.4) is 0 Å². The van der Waals surface area contributed by atoms with E-state index in [4.69, 9.17) is 9.47 Å². The summed E-state index contributed by atoms with van der Waals surface area (Å²) in [6, 6.07) is 3.96. The highest BCUT2D eigenvalue weighted by Gasteiger charge is 2.56. The second kappa shape index (κ2) is 4.62. The number of amides is 1. The molecular weight excluding hydrogens is 282 g/mol. The maximum atomic E-state index is 12.5. The lowest BCUT2D eigenvalue weighted by Gasteiger charge is -2.39. The van der Waals surface area contributed by atoms with Crippen molar-refractivity contribution in [1.82, 2.24) is 4.90 Å². The second-order valence-corrected chi connectivity index (χ2v) is 6.75. The molecule has 1 amide bonds. The van der Waals surface area contributed by atoms with Gasteiger partial charge < -0.3 is 19.5 Å². The number of aliphatic hydroxyl groups is 1. The van der Waals surface area contributed by atoms with Gasteiger partial charge in [0.1, 0.15) is 6.10 Å². The molecule has 1 spiro atoms. The van der Waals surface area contributed by atoms with Crippen LogP contribution < -0.4 is 9.47 Å². The van der Waals surface area contributed by atoms with Crippen LogP contribution in [0.4, 0.5) is 0 Å². The van der Waals surface area contributed by atoms with Gasteiger partial charge in [-0.05, 0) is 24.5 Å². The summed E-state index contributed by atoms with van der Waals surface area (Å²) < 4.78 is 11.7. The van der Waals surface area contributed by atoms with Crippen molar-refractivity contribution >= 4 is 5.91 Å². The maximum Gasteiger partial charge on any atom is 0.223 e. The Kier molecular flexibility index (Phi) is 2.92. The highest BCUT2D eigenvalue weighted by atomic mass is 16.5. The first-order valence-corrected chi connectivity index (χ1v) is 7.84. The molecule has 22 heavy (non-hydrogen) atoms. The van der Waals surface area contributed by atoms with Gasteiger partial charge in [0.05, 0.1) is 13.2 Å². The molecule has 3 atom stereocenters. The summed E-state index contributed by atoms with van der Waals surface area (Å²) in [5, 5.41) is 10.0. The average molecular weight is 303 g/mol. The Labute approximate surface area is 129 Å². The standard InChI is InChI=1S/C17H21NO4/c1-18-9-10-3-4-12(21-2)16-15(10)17(8-14(18)20)6-5-11(19)7-13(17)22-16/h3-4,11,13,19H,5-9H2,1-2H3/t11-,13-,17-/m0/s1. The number of hydrogen-bond donors (Lipinski definition) is 1. The van der Waals surface area contributed by atoms with Crippen molar-refractivity contribution in [1.29, 1.82) is 0 Å². The lowest BCUT2D eigenvalue weighted by Crippen LogP contribution is -2.47. The highest BCUT2D eigenvalue weighted by Crippen LogP contribution is 2.57. The van der Waals surface area contributed by atoms with E-state index in [-0.39, 0.29) is 23.5 Å². The summed E-state index contributed by atoms with van der Waals surface area (Å²) in [5.41, 5.74) is 1.98. The lowest BCUT2D eigenvalue weighted by molar-refractivity contribution is -0.133. The molecule has 2 aliphatic heterocycles. The van der Waals surface area contributed by atoms with Gasteiger partial charge in [-0.3, -0.25) is 4.79 Å². The SMILES string of the molecule is COc1ccc2c3c1O[C@H]1C[C@@H](O)CC[C@@]31CC(=O)N(C)C2. The quantitative estimate of drug-likeness (QED) is 0.856. The Morgan fingerprint density at radius 2 is 2.27 bits per heavy atom. The molecule has 1 aromatic carbocycles. The van der Waals surface area contributed by atoms with Gasteiger partial charge in [-0.2, -0.15) is 0 Å². The molecule has 1 saturated carbocycles. The Bertz CT molecular complexity index is 644. The average Bonchev–Trinajstić information content (AvgIpc) is 2.76. The monoisotopic (exact) mass is 303 g/mol. The third-order valence-electron chi connectivity index (χ3n) is 5.51. The van der Waals surface area contributed by atoms with E-state index in [0.717, 1.165) is 29.0 Å². The zero-order valence-corrected chi connectivity index (χ0v) is 13.0. The maximum absolute atomic E-state index is 12.5. The normalized spacial score (nSPS) is 32.9. The predicted molar refractivity (Wildman–Crippen MR) is 80.0 cm³/mol. The third kappa shape index (κ3) is 1.72. The molecule has 0 aromatic heterocycles. The molecule has 1 aromatic rings. The van der Waals surface area contributed by atoms with Gasteiger partial charge in [0, 0.05) is 37.4 Å². The van der Waals surface area contributed by atoms with E-state index in [9.17, 15) is 9.90 Å². The first kappa shape index (κ1) is 13.9. The largest absolute Gasteiger partial charge is 0.493 e. The molecule has 1 fully saturated rings. The van der Waals surface area contributed by atoms with Gasteiger partial charge in [0.25, 0.3) is 0 Å². The third-order valence-corrected chi connectivity index (χ3v) is 5.51. The van der Waals surface area contributed by atoms with Crippen LogP contribution >= 0.6 is 0 Å². The number of methoxy groups -OCH3 is 1. The molecule has 0 saturated heterocycles. The Morgan fingerprint density at radius 3 is 3.05 bits per heavy atom. The van der Waals surface area contributed by atoms with Crippen molar-refractivity contribution in [3.63, 3.8) is 0 Å². The summed E-state index contributed by atoms with van der Waals surface area (Å²) in [5.74, 6) is 1.65. The summed E-state index contributed by atoms with van der Waals surface area (Å²) in [6.07, 6.45) is 2.04. The van der Waals surface area contributed by atoms with Crippen LogP contribution in [0.25, 0.3) is 0 Å². The van der Waals surface area contributed by atoms with Crippen molar-refractivity contribution in [2.75, 3.05) is 14.2 Å². The first-order chi connectivity index (χ1) is 10.5. The molecule has 4 rings (SSSR count). The van der Waals surface area contributed by atoms with E-state index in [1.807, 2.05) is 19.2 Å². The number of rotatable bonds is 1. The van der Waals surface area contributed by atoms with Crippen LogP contribution in [0.5, 0.6) is 11.5 Å². The molecule has 5 nitrogen and oxygen atoms in total. The van der Waals surface area contributed by atoms with Crippen molar-refractivity contribution in [3.8, 4) is 11.5 Å². The minimum absolute atomic E-state index is 0.142. The van der Waals surface area contributed by atoms with E-state index < -0.39 is 0 Å². The van der Waals surface area contributed by atoms with Crippen molar-refractivity contribution < 1.29 is 19.4 Å². The number of aliphatic hydroxyl groups excluding tert-OH is 1. The Balaban J connectivity index is 1.94. The number of ether oxygens (including phenoxy) is 2. The first-order valence-electron chi connectivity index (χ1n) is 7.84. The Hall–Kier alpha value is -1.75. The molecule has 0 radical (unpaired) electrons. The fraction of sp³-hybridized carbons (Fsp3) is 0.588. The van der Waals surface area contributed by atoms with Crippen molar-refractivity contribution in [2.45, 2.75) is 49.9 Å². The topological polar surface area (TPSA) is 59.0 Å². The zero-order valence-electron chi connectivity index (χ0n) is 13.0. The van der Waals surface area contributed by atoms with E-state index in [2.05, 4.69) is 0 Å². The predicted octanol–water partition coefficient (Wildman–Crippen LogP) is 1.60. The molecule has 1 aliphatic carbocycles. The highest BCUT2D eigenvalue weighted by molar-refractivity contribution is 5.80. The fourth-order valence-electron chi connectivity index (χ4n) is 4.36. The Morgan fingerprint density at radius 1 is 1.45 bits per heavy atom. The number of carbonyl (C=O) groups is 1. The molecule has 118 valence electrons. The summed E-state index contributed by atoms with van der Waals surface area (Å²) in [4.78, 5) is 14.3. The van der Waals surface area contributed by atoms with Gasteiger partial charge >= 0.3 is 0 Å². The summed E-state index contributed by atoms with van der Waals surface area (Å²) in [7, 11) is 3.49. The zero-order chi connectivity index (χ0) is 15.5. The number of benzene rings is 1. The summed E-state index contributed by atoms with van der Waals surface area (Å²) in [6.45, 7) is 0.603. The van der Waals surface area contributed by atoms with E-state index in [1.165, 1.54) is 0 Å². The van der Waals surface area contributed by atoms with Gasteiger partial charge in [0.2, 0.25) is 5.91 Å².